The fraction of sp³-hybridized carbons (Fsp3) is 0.240. The van der Waals surface area contributed by atoms with Crippen molar-refractivity contribution in [3.05, 3.63) is 93.5 Å². The van der Waals surface area contributed by atoms with E-state index >= 15 is 0 Å². The maximum atomic E-state index is 12.9. The standard InChI is InChI=1S/C25H27N3O4S/c1-17(2)22-9-7-10-23(18(3)4)25(22)26-16-19-8-5-6-11-24(19)27-33(31,32)21-14-12-20(13-15-21)28(29)30/h5-18,27H,1-4H3. The molecule has 0 fully saturated rings. The van der Waals surface area contributed by atoms with E-state index in [-0.39, 0.29) is 22.4 Å². The summed E-state index contributed by atoms with van der Waals surface area (Å²) in [7, 11) is -3.94. The number of nitrogens with zero attached hydrogens (tertiary/aromatic N) is 2. The largest absolute Gasteiger partial charge is 0.279 e. The van der Waals surface area contributed by atoms with Crippen molar-refractivity contribution in [2.45, 2.75) is 44.4 Å². The summed E-state index contributed by atoms with van der Waals surface area (Å²) < 4.78 is 28.3. The van der Waals surface area contributed by atoms with Gasteiger partial charge in [-0.1, -0.05) is 64.1 Å². The first kappa shape index (κ1) is 24.1. The molecule has 8 heteroatoms. The molecule has 3 rings (SSSR count). The molecule has 0 spiro atoms. The second kappa shape index (κ2) is 9.95. The Labute approximate surface area is 194 Å². The quantitative estimate of drug-likeness (QED) is 0.236. The van der Waals surface area contributed by atoms with E-state index in [4.69, 9.17) is 4.99 Å². The molecule has 3 aromatic rings. The van der Waals surface area contributed by atoms with Crippen LogP contribution in [0.2, 0.25) is 0 Å². The molecule has 0 bridgehead atoms. The second-order valence-corrected chi connectivity index (χ2v) is 9.98. The number of nitrogens with one attached hydrogen (secondary N) is 1. The van der Waals surface area contributed by atoms with Crippen LogP contribution in [0.25, 0.3) is 0 Å². The molecule has 0 saturated heterocycles. The Kier molecular flexibility index (Phi) is 7.28. The van der Waals surface area contributed by atoms with Crippen LogP contribution < -0.4 is 4.72 Å². The Morgan fingerprint density at radius 2 is 1.45 bits per heavy atom. The first-order chi connectivity index (χ1) is 15.6. The van der Waals surface area contributed by atoms with Gasteiger partial charge in [-0.25, -0.2) is 8.42 Å². The van der Waals surface area contributed by atoms with Crippen LogP contribution in [0.5, 0.6) is 0 Å². The minimum absolute atomic E-state index is 0.0629. The molecular formula is C25H27N3O4S. The number of aliphatic imine (C=N–C) groups is 1. The SMILES string of the molecule is CC(C)c1cccc(C(C)C)c1N=Cc1ccccc1NS(=O)(=O)c1ccc([N+](=O)[O-])cc1. The monoisotopic (exact) mass is 465 g/mol. The van der Waals surface area contributed by atoms with Crippen LogP contribution in [0.4, 0.5) is 17.1 Å². The van der Waals surface area contributed by atoms with Crippen molar-refractivity contribution in [1.29, 1.82) is 0 Å². The number of hydrogen-bond donors (Lipinski definition) is 1. The van der Waals surface area contributed by atoms with Gasteiger partial charge in [0.25, 0.3) is 15.7 Å². The molecule has 0 aliphatic rings. The first-order valence-electron chi connectivity index (χ1n) is 10.6. The molecule has 1 N–H and O–H groups in total. The number of hydrogen-bond acceptors (Lipinski definition) is 5. The lowest BCUT2D eigenvalue weighted by Crippen LogP contribution is -2.14. The Hall–Kier alpha value is -3.52. The van der Waals surface area contributed by atoms with Crippen LogP contribution in [0.1, 0.15) is 56.2 Å². The zero-order valence-electron chi connectivity index (χ0n) is 19.0. The molecular weight excluding hydrogens is 438 g/mol. The minimum Gasteiger partial charge on any atom is -0.279 e. The number of nitro groups is 1. The number of para-hydroxylation sites is 2. The fourth-order valence-corrected chi connectivity index (χ4v) is 4.54. The summed E-state index contributed by atoms with van der Waals surface area (Å²) in [5.74, 6) is 0.568. The summed E-state index contributed by atoms with van der Waals surface area (Å²) in [6.45, 7) is 8.46. The van der Waals surface area contributed by atoms with E-state index in [9.17, 15) is 18.5 Å². The molecule has 172 valence electrons. The van der Waals surface area contributed by atoms with Gasteiger partial charge in [-0.05, 0) is 41.2 Å². The lowest BCUT2D eigenvalue weighted by atomic mass is 9.93. The average molecular weight is 466 g/mol. The molecule has 0 unspecified atom stereocenters. The Morgan fingerprint density at radius 1 is 0.879 bits per heavy atom. The van der Waals surface area contributed by atoms with Crippen molar-refractivity contribution in [3.8, 4) is 0 Å². The van der Waals surface area contributed by atoms with Gasteiger partial charge in [0.2, 0.25) is 0 Å². The zero-order chi connectivity index (χ0) is 24.2. The third-order valence-corrected chi connectivity index (χ3v) is 6.62. The average Bonchev–Trinajstić information content (AvgIpc) is 2.78. The summed E-state index contributed by atoms with van der Waals surface area (Å²) in [6, 6.07) is 17.9. The van der Waals surface area contributed by atoms with Crippen molar-refractivity contribution >= 4 is 33.3 Å². The molecule has 33 heavy (non-hydrogen) atoms. The molecule has 0 heterocycles. The van der Waals surface area contributed by atoms with Gasteiger partial charge in [0, 0.05) is 23.9 Å². The van der Waals surface area contributed by atoms with Crippen LogP contribution in [0.3, 0.4) is 0 Å². The topological polar surface area (TPSA) is 102 Å². The molecule has 0 aliphatic heterocycles. The Bertz CT molecular complexity index is 1260. The molecule has 0 amide bonds. The summed E-state index contributed by atoms with van der Waals surface area (Å²) >= 11 is 0. The van der Waals surface area contributed by atoms with Crippen LogP contribution in [0, 0.1) is 10.1 Å². The third kappa shape index (κ3) is 5.64. The highest BCUT2D eigenvalue weighted by Crippen LogP contribution is 2.35. The summed E-state index contributed by atoms with van der Waals surface area (Å²) in [5, 5.41) is 10.8. The van der Waals surface area contributed by atoms with E-state index in [1.165, 1.54) is 12.1 Å². The fourth-order valence-electron chi connectivity index (χ4n) is 3.45. The van der Waals surface area contributed by atoms with Crippen molar-refractivity contribution in [1.82, 2.24) is 0 Å². The van der Waals surface area contributed by atoms with Crippen LogP contribution in [-0.2, 0) is 10.0 Å². The van der Waals surface area contributed by atoms with Gasteiger partial charge in [0.05, 0.1) is 21.2 Å². The lowest BCUT2D eigenvalue weighted by molar-refractivity contribution is -0.384. The normalized spacial score (nSPS) is 11.9. The molecule has 0 aromatic heterocycles. The van der Waals surface area contributed by atoms with Gasteiger partial charge >= 0.3 is 0 Å². The van der Waals surface area contributed by atoms with Gasteiger partial charge in [-0.2, -0.15) is 0 Å². The summed E-state index contributed by atoms with van der Waals surface area (Å²) in [5.41, 5.74) is 3.95. The van der Waals surface area contributed by atoms with Crippen molar-refractivity contribution < 1.29 is 13.3 Å². The zero-order valence-corrected chi connectivity index (χ0v) is 19.8. The van der Waals surface area contributed by atoms with Gasteiger partial charge in [0.15, 0.2) is 0 Å². The smallest absolute Gasteiger partial charge is 0.269 e. The molecule has 0 saturated carbocycles. The minimum atomic E-state index is -3.94. The highest BCUT2D eigenvalue weighted by atomic mass is 32.2. The van der Waals surface area contributed by atoms with Crippen LogP contribution in [0.15, 0.2) is 76.6 Å². The molecule has 7 nitrogen and oxygen atoms in total. The molecule has 0 atom stereocenters. The van der Waals surface area contributed by atoms with Gasteiger partial charge < -0.3 is 0 Å². The molecule has 0 radical (unpaired) electrons. The van der Waals surface area contributed by atoms with Gasteiger partial charge in [-0.15, -0.1) is 0 Å². The highest BCUT2D eigenvalue weighted by molar-refractivity contribution is 7.92. The first-order valence-corrected chi connectivity index (χ1v) is 12.1. The maximum Gasteiger partial charge on any atom is 0.269 e. The number of anilines is 1. The van der Waals surface area contributed by atoms with Gasteiger partial charge in [0.1, 0.15) is 0 Å². The third-order valence-electron chi connectivity index (χ3n) is 5.24. The van der Waals surface area contributed by atoms with E-state index in [0.717, 1.165) is 28.9 Å². The maximum absolute atomic E-state index is 12.9. The number of benzene rings is 3. The molecule has 0 aliphatic carbocycles. The molecule has 3 aromatic carbocycles. The van der Waals surface area contributed by atoms with E-state index in [1.54, 1.807) is 24.4 Å². The van der Waals surface area contributed by atoms with E-state index in [0.29, 0.717) is 11.3 Å². The number of non-ortho nitro benzene ring substituents is 1. The van der Waals surface area contributed by atoms with Gasteiger partial charge in [-0.3, -0.25) is 19.8 Å². The predicted molar refractivity (Wildman–Crippen MR) is 132 cm³/mol. The lowest BCUT2D eigenvalue weighted by Gasteiger charge is -2.16. The highest BCUT2D eigenvalue weighted by Gasteiger charge is 2.18. The van der Waals surface area contributed by atoms with Crippen LogP contribution in [-0.4, -0.2) is 19.6 Å². The Balaban J connectivity index is 1.97. The predicted octanol–water partition coefficient (Wildman–Crippen LogP) is 6.39. The summed E-state index contributed by atoms with van der Waals surface area (Å²) in [6.07, 6.45) is 1.67. The van der Waals surface area contributed by atoms with Crippen molar-refractivity contribution in [2.75, 3.05) is 4.72 Å². The second-order valence-electron chi connectivity index (χ2n) is 8.30. The number of nitro benzene ring substituents is 1. The Morgan fingerprint density at radius 3 is 2.00 bits per heavy atom. The van der Waals surface area contributed by atoms with E-state index < -0.39 is 14.9 Å². The number of sulfonamides is 1. The van der Waals surface area contributed by atoms with Crippen molar-refractivity contribution in [2.24, 2.45) is 4.99 Å². The van der Waals surface area contributed by atoms with Crippen LogP contribution >= 0.6 is 0 Å². The van der Waals surface area contributed by atoms with E-state index in [1.807, 2.05) is 12.1 Å². The number of rotatable bonds is 8. The van der Waals surface area contributed by atoms with E-state index in [2.05, 4.69) is 44.5 Å². The summed E-state index contributed by atoms with van der Waals surface area (Å²) in [4.78, 5) is 15.0. The van der Waals surface area contributed by atoms with Crippen molar-refractivity contribution in [3.63, 3.8) is 0 Å².